The number of hydrogen-bond acceptors (Lipinski definition) is 3. The van der Waals surface area contributed by atoms with Crippen molar-refractivity contribution in [2.24, 2.45) is 5.92 Å². The van der Waals surface area contributed by atoms with E-state index < -0.39 is 0 Å². The number of aliphatic hydroxyl groups is 1. The number of para-hydroxylation sites is 1. The lowest BCUT2D eigenvalue weighted by atomic mass is 10.1. The van der Waals surface area contributed by atoms with Gasteiger partial charge < -0.3 is 15.5 Å². The van der Waals surface area contributed by atoms with Gasteiger partial charge in [0.05, 0.1) is 6.10 Å². The quantitative estimate of drug-likeness (QED) is 0.689. The topological polar surface area (TPSA) is 52.5 Å². The normalized spacial score (nSPS) is 13.1. The summed E-state index contributed by atoms with van der Waals surface area (Å²) >= 11 is 0. The van der Waals surface area contributed by atoms with Gasteiger partial charge in [-0.05, 0) is 12.0 Å². The first-order chi connectivity index (χ1) is 7.11. The Morgan fingerprint density at radius 2 is 1.93 bits per heavy atom. The third-order valence-corrected chi connectivity index (χ3v) is 2.43. The van der Waals surface area contributed by atoms with Crippen LogP contribution in [0.2, 0.25) is 0 Å². The summed E-state index contributed by atoms with van der Waals surface area (Å²) in [6.45, 7) is 5.08. The molecule has 0 heterocycles. The maximum absolute atomic E-state index is 9.55. The summed E-state index contributed by atoms with van der Waals surface area (Å²) in [6, 6.07) is 7.21. The molecular formula is C12H19NO2. The maximum atomic E-state index is 9.55. The molecule has 0 spiro atoms. The highest BCUT2D eigenvalue weighted by molar-refractivity contribution is 5.31. The number of phenols is 1. The number of nitrogens with one attached hydrogen (secondary N) is 1. The zero-order valence-electron chi connectivity index (χ0n) is 9.27. The molecule has 0 aliphatic heterocycles. The van der Waals surface area contributed by atoms with Gasteiger partial charge in [-0.15, -0.1) is 0 Å². The molecule has 15 heavy (non-hydrogen) atoms. The summed E-state index contributed by atoms with van der Waals surface area (Å²) < 4.78 is 0. The third-order valence-electron chi connectivity index (χ3n) is 2.43. The van der Waals surface area contributed by atoms with E-state index in [0.29, 0.717) is 18.8 Å². The van der Waals surface area contributed by atoms with Gasteiger partial charge in [0.15, 0.2) is 0 Å². The van der Waals surface area contributed by atoms with Gasteiger partial charge in [0.25, 0.3) is 0 Å². The van der Waals surface area contributed by atoms with E-state index in [1.807, 2.05) is 26.0 Å². The summed E-state index contributed by atoms with van der Waals surface area (Å²) in [5.74, 6) is 0.547. The van der Waals surface area contributed by atoms with Crippen molar-refractivity contribution in [3.8, 4) is 5.75 Å². The monoisotopic (exact) mass is 209 g/mol. The molecular weight excluding hydrogens is 190 g/mol. The Bertz CT molecular complexity index is 299. The van der Waals surface area contributed by atoms with Crippen LogP contribution in [-0.4, -0.2) is 22.9 Å². The first-order valence-electron chi connectivity index (χ1n) is 5.27. The molecule has 0 fully saturated rings. The van der Waals surface area contributed by atoms with E-state index in [0.717, 1.165) is 5.56 Å². The van der Waals surface area contributed by atoms with Crippen molar-refractivity contribution in [1.82, 2.24) is 5.32 Å². The zero-order valence-corrected chi connectivity index (χ0v) is 9.27. The van der Waals surface area contributed by atoms with Crippen LogP contribution in [0.1, 0.15) is 19.4 Å². The van der Waals surface area contributed by atoms with Crippen LogP contribution in [-0.2, 0) is 6.54 Å². The van der Waals surface area contributed by atoms with Crippen molar-refractivity contribution in [2.75, 3.05) is 6.54 Å². The lowest BCUT2D eigenvalue weighted by Crippen LogP contribution is -2.30. The van der Waals surface area contributed by atoms with E-state index in [-0.39, 0.29) is 12.0 Å². The molecule has 1 unspecified atom stereocenters. The minimum absolute atomic E-state index is 0.252. The zero-order chi connectivity index (χ0) is 11.3. The highest BCUT2D eigenvalue weighted by atomic mass is 16.3. The maximum Gasteiger partial charge on any atom is 0.120 e. The number of aromatic hydroxyl groups is 1. The van der Waals surface area contributed by atoms with E-state index >= 15 is 0 Å². The van der Waals surface area contributed by atoms with E-state index in [4.69, 9.17) is 0 Å². The van der Waals surface area contributed by atoms with E-state index in [1.165, 1.54) is 0 Å². The average molecular weight is 209 g/mol. The van der Waals surface area contributed by atoms with Crippen molar-refractivity contribution < 1.29 is 10.2 Å². The minimum atomic E-state index is -0.337. The molecule has 0 saturated heterocycles. The van der Waals surface area contributed by atoms with Crippen LogP contribution in [0.4, 0.5) is 0 Å². The molecule has 3 heteroatoms. The average Bonchev–Trinajstić information content (AvgIpc) is 2.20. The predicted octanol–water partition coefficient (Wildman–Crippen LogP) is 1.50. The Morgan fingerprint density at radius 1 is 1.27 bits per heavy atom. The second kappa shape index (κ2) is 5.73. The Kier molecular flexibility index (Phi) is 4.59. The molecule has 3 N–H and O–H groups in total. The van der Waals surface area contributed by atoms with Crippen LogP contribution in [0, 0.1) is 5.92 Å². The second-order valence-corrected chi connectivity index (χ2v) is 4.07. The lowest BCUT2D eigenvalue weighted by Gasteiger charge is -2.15. The first-order valence-corrected chi connectivity index (χ1v) is 5.27. The van der Waals surface area contributed by atoms with Gasteiger partial charge in [-0.3, -0.25) is 0 Å². The highest BCUT2D eigenvalue weighted by Gasteiger charge is 2.08. The van der Waals surface area contributed by atoms with Crippen molar-refractivity contribution in [3.63, 3.8) is 0 Å². The summed E-state index contributed by atoms with van der Waals surface area (Å²) in [5.41, 5.74) is 0.855. The Hall–Kier alpha value is -1.06. The molecule has 84 valence electrons. The van der Waals surface area contributed by atoms with Crippen LogP contribution in [0.25, 0.3) is 0 Å². The number of hydrogen-bond donors (Lipinski definition) is 3. The van der Waals surface area contributed by atoms with Gasteiger partial charge in [-0.2, -0.15) is 0 Å². The fraction of sp³-hybridized carbons (Fsp3) is 0.500. The Morgan fingerprint density at radius 3 is 2.53 bits per heavy atom. The summed E-state index contributed by atoms with van der Waals surface area (Å²) in [7, 11) is 0. The molecule has 0 saturated carbocycles. The number of benzene rings is 1. The van der Waals surface area contributed by atoms with Crippen molar-refractivity contribution >= 4 is 0 Å². The van der Waals surface area contributed by atoms with Gasteiger partial charge >= 0.3 is 0 Å². The van der Waals surface area contributed by atoms with Gasteiger partial charge in [0, 0.05) is 18.7 Å². The SMILES string of the molecule is CC(C)C(O)CNCc1ccccc1O. The molecule has 0 aliphatic rings. The molecule has 0 radical (unpaired) electrons. The minimum Gasteiger partial charge on any atom is -0.508 e. The molecule has 0 aromatic heterocycles. The summed E-state index contributed by atoms with van der Waals surface area (Å²) in [4.78, 5) is 0. The van der Waals surface area contributed by atoms with Crippen LogP contribution >= 0.6 is 0 Å². The summed E-state index contributed by atoms with van der Waals surface area (Å²) in [5, 5.41) is 22.1. The molecule has 0 bridgehead atoms. The molecule has 1 aromatic carbocycles. The lowest BCUT2D eigenvalue weighted by molar-refractivity contribution is 0.123. The highest BCUT2D eigenvalue weighted by Crippen LogP contribution is 2.14. The number of phenolic OH excluding ortho intramolecular Hbond substituents is 1. The van der Waals surface area contributed by atoms with Gasteiger partial charge in [0.1, 0.15) is 5.75 Å². The van der Waals surface area contributed by atoms with Crippen molar-refractivity contribution in [3.05, 3.63) is 29.8 Å². The van der Waals surface area contributed by atoms with E-state index in [9.17, 15) is 10.2 Å². The predicted molar refractivity (Wildman–Crippen MR) is 60.7 cm³/mol. The van der Waals surface area contributed by atoms with Crippen molar-refractivity contribution in [2.45, 2.75) is 26.5 Å². The van der Waals surface area contributed by atoms with Crippen molar-refractivity contribution in [1.29, 1.82) is 0 Å². The fourth-order valence-electron chi connectivity index (χ4n) is 1.25. The molecule has 1 aromatic rings. The van der Waals surface area contributed by atoms with Gasteiger partial charge in [-0.25, -0.2) is 0 Å². The van der Waals surface area contributed by atoms with Crippen LogP contribution < -0.4 is 5.32 Å². The van der Waals surface area contributed by atoms with E-state index in [2.05, 4.69) is 5.32 Å². The fourth-order valence-corrected chi connectivity index (χ4v) is 1.25. The van der Waals surface area contributed by atoms with Crippen LogP contribution in [0.3, 0.4) is 0 Å². The molecule has 0 amide bonds. The van der Waals surface area contributed by atoms with Gasteiger partial charge in [-0.1, -0.05) is 32.0 Å². The molecule has 0 aliphatic carbocycles. The first kappa shape index (κ1) is 12.0. The number of aliphatic hydroxyl groups excluding tert-OH is 1. The molecule has 3 nitrogen and oxygen atoms in total. The number of rotatable bonds is 5. The summed E-state index contributed by atoms with van der Waals surface area (Å²) in [6.07, 6.45) is -0.337. The Balaban J connectivity index is 2.35. The standard InChI is InChI=1S/C12H19NO2/c1-9(2)12(15)8-13-7-10-5-3-4-6-11(10)14/h3-6,9,12-15H,7-8H2,1-2H3. The largest absolute Gasteiger partial charge is 0.508 e. The molecule has 1 rings (SSSR count). The van der Waals surface area contributed by atoms with Crippen LogP contribution in [0.15, 0.2) is 24.3 Å². The van der Waals surface area contributed by atoms with Crippen LogP contribution in [0.5, 0.6) is 5.75 Å². The Labute approximate surface area is 90.8 Å². The van der Waals surface area contributed by atoms with Gasteiger partial charge in [0.2, 0.25) is 0 Å². The smallest absolute Gasteiger partial charge is 0.120 e. The molecule has 1 atom stereocenters. The second-order valence-electron chi connectivity index (χ2n) is 4.07. The third kappa shape index (κ3) is 3.90. The van der Waals surface area contributed by atoms with E-state index in [1.54, 1.807) is 12.1 Å².